The monoisotopic (exact) mass is 158 g/mol. The molecule has 0 radical (unpaired) electrons. The predicted molar refractivity (Wildman–Crippen MR) is 45.2 cm³/mol. The van der Waals surface area contributed by atoms with Crippen molar-refractivity contribution in [2.75, 3.05) is 0 Å². The lowest BCUT2D eigenvalue weighted by molar-refractivity contribution is 0.897. The minimum Gasteiger partial charge on any atom is -0.335 e. The number of aryl methyl sites for hydroxylation is 1. The third-order valence-corrected chi connectivity index (χ3v) is 1.17. The summed E-state index contributed by atoms with van der Waals surface area (Å²) >= 11 is 0. The number of hydrogen-bond acceptors (Lipinski definition) is 1. The van der Waals surface area contributed by atoms with Crippen LogP contribution in [-0.2, 0) is 7.05 Å². The molecule has 0 saturated carbocycles. The van der Waals surface area contributed by atoms with Crippen molar-refractivity contribution in [1.29, 1.82) is 0 Å². The van der Waals surface area contributed by atoms with Crippen LogP contribution in [0.15, 0.2) is 18.5 Å². The van der Waals surface area contributed by atoms with Crippen LogP contribution in [0.4, 0.5) is 0 Å². The van der Waals surface area contributed by atoms with Gasteiger partial charge in [-0.2, -0.15) is 0 Å². The molecule has 0 aliphatic carbocycles. The molecule has 0 bridgehead atoms. The summed E-state index contributed by atoms with van der Waals surface area (Å²) in [6, 6.07) is 0. The molecule has 0 atom stereocenters. The molecule has 0 aromatic carbocycles. The summed E-state index contributed by atoms with van der Waals surface area (Å²) in [6.07, 6.45) is 7.66. The van der Waals surface area contributed by atoms with Gasteiger partial charge in [0.1, 0.15) is 5.82 Å². The fourth-order valence-electron chi connectivity index (χ4n) is 0.687. The molecule has 1 aromatic rings. The van der Waals surface area contributed by atoms with Crippen molar-refractivity contribution in [2.45, 2.75) is 6.92 Å². The first-order valence-electron chi connectivity index (χ1n) is 2.94. The highest BCUT2D eigenvalue weighted by atomic mass is 35.5. The number of imidazole rings is 1. The lowest BCUT2D eigenvalue weighted by Crippen LogP contribution is -1.87. The maximum absolute atomic E-state index is 4.08. The van der Waals surface area contributed by atoms with E-state index in [9.17, 15) is 0 Å². The Hall–Kier alpha value is -0.760. The highest BCUT2D eigenvalue weighted by molar-refractivity contribution is 5.85. The molecular formula is C7H11ClN2. The smallest absolute Gasteiger partial charge is 0.131 e. The third kappa shape index (κ3) is 1.88. The van der Waals surface area contributed by atoms with Crippen LogP contribution in [0.5, 0.6) is 0 Å². The number of rotatable bonds is 1. The zero-order chi connectivity index (χ0) is 6.69. The van der Waals surface area contributed by atoms with Crippen LogP contribution in [-0.4, -0.2) is 9.55 Å². The Morgan fingerprint density at radius 3 is 2.70 bits per heavy atom. The Balaban J connectivity index is 0.000000810. The van der Waals surface area contributed by atoms with Gasteiger partial charge in [-0.1, -0.05) is 6.08 Å². The summed E-state index contributed by atoms with van der Waals surface area (Å²) in [5.74, 6) is 0.998. The van der Waals surface area contributed by atoms with Gasteiger partial charge in [0.15, 0.2) is 0 Å². The molecule has 1 heterocycles. The van der Waals surface area contributed by atoms with E-state index in [-0.39, 0.29) is 12.4 Å². The van der Waals surface area contributed by atoms with Crippen LogP contribution in [0.1, 0.15) is 12.7 Å². The molecule has 0 unspecified atom stereocenters. The van der Waals surface area contributed by atoms with Crippen molar-refractivity contribution in [3.05, 3.63) is 24.3 Å². The summed E-state index contributed by atoms with van der Waals surface area (Å²) in [4.78, 5) is 4.08. The zero-order valence-electron chi connectivity index (χ0n) is 6.11. The Kier molecular flexibility index (Phi) is 3.81. The van der Waals surface area contributed by atoms with E-state index in [1.807, 2.05) is 36.9 Å². The zero-order valence-corrected chi connectivity index (χ0v) is 6.93. The lowest BCUT2D eigenvalue weighted by Gasteiger charge is -1.90. The second-order valence-electron chi connectivity index (χ2n) is 1.90. The average Bonchev–Trinajstić information content (AvgIpc) is 2.18. The molecule has 2 nitrogen and oxygen atoms in total. The predicted octanol–water partition coefficient (Wildman–Crippen LogP) is 1.87. The summed E-state index contributed by atoms with van der Waals surface area (Å²) in [7, 11) is 1.97. The number of nitrogens with zero attached hydrogens (tertiary/aromatic N) is 2. The van der Waals surface area contributed by atoms with E-state index in [4.69, 9.17) is 0 Å². The minimum absolute atomic E-state index is 0. The van der Waals surface area contributed by atoms with Gasteiger partial charge in [0.05, 0.1) is 0 Å². The van der Waals surface area contributed by atoms with Gasteiger partial charge in [-0.15, -0.1) is 12.4 Å². The van der Waals surface area contributed by atoms with Gasteiger partial charge in [0.2, 0.25) is 0 Å². The van der Waals surface area contributed by atoms with E-state index in [0.29, 0.717) is 0 Å². The summed E-state index contributed by atoms with van der Waals surface area (Å²) < 4.78 is 1.97. The molecule has 3 heteroatoms. The summed E-state index contributed by atoms with van der Waals surface area (Å²) in [5.41, 5.74) is 0. The van der Waals surface area contributed by atoms with Gasteiger partial charge < -0.3 is 4.57 Å². The molecule has 1 rings (SSSR count). The molecule has 1 aromatic heterocycles. The van der Waals surface area contributed by atoms with Gasteiger partial charge >= 0.3 is 0 Å². The molecule has 0 saturated heterocycles. The summed E-state index contributed by atoms with van der Waals surface area (Å²) in [5, 5.41) is 0. The van der Waals surface area contributed by atoms with Crippen molar-refractivity contribution in [3.63, 3.8) is 0 Å². The highest BCUT2D eigenvalue weighted by Crippen LogP contribution is 1.95. The van der Waals surface area contributed by atoms with Crippen molar-refractivity contribution in [2.24, 2.45) is 7.05 Å². The van der Waals surface area contributed by atoms with E-state index >= 15 is 0 Å². The fraction of sp³-hybridized carbons (Fsp3) is 0.286. The molecule has 56 valence electrons. The molecule has 0 fully saturated rings. The molecule has 0 spiro atoms. The quantitative estimate of drug-likeness (QED) is 0.610. The van der Waals surface area contributed by atoms with Gasteiger partial charge in [-0.25, -0.2) is 4.98 Å². The number of aromatic nitrogens is 2. The highest BCUT2D eigenvalue weighted by Gasteiger charge is 1.88. The van der Waals surface area contributed by atoms with Crippen LogP contribution < -0.4 is 0 Å². The molecule has 0 aliphatic rings. The topological polar surface area (TPSA) is 17.8 Å². The second kappa shape index (κ2) is 4.12. The van der Waals surface area contributed by atoms with Crippen LogP contribution in [0.25, 0.3) is 6.08 Å². The maximum Gasteiger partial charge on any atom is 0.131 e. The third-order valence-electron chi connectivity index (χ3n) is 1.17. The van der Waals surface area contributed by atoms with Crippen LogP contribution in [0.2, 0.25) is 0 Å². The van der Waals surface area contributed by atoms with E-state index in [2.05, 4.69) is 4.98 Å². The van der Waals surface area contributed by atoms with Crippen LogP contribution >= 0.6 is 12.4 Å². The largest absolute Gasteiger partial charge is 0.335 e. The number of allylic oxidation sites excluding steroid dienone is 1. The van der Waals surface area contributed by atoms with Crippen molar-refractivity contribution in [3.8, 4) is 0 Å². The Morgan fingerprint density at radius 2 is 2.30 bits per heavy atom. The van der Waals surface area contributed by atoms with E-state index in [0.717, 1.165) is 5.82 Å². The Labute approximate surface area is 67.0 Å². The first kappa shape index (κ1) is 9.24. The Morgan fingerprint density at radius 1 is 1.60 bits per heavy atom. The molecule has 0 aliphatic heterocycles. The summed E-state index contributed by atoms with van der Waals surface area (Å²) in [6.45, 7) is 1.98. The number of hydrogen-bond donors (Lipinski definition) is 0. The van der Waals surface area contributed by atoms with Gasteiger partial charge in [0, 0.05) is 19.4 Å². The van der Waals surface area contributed by atoms with Crippen molar-refractivity contribution in [1.82, 2.24) is 9.55 Å². The first-order chi connectivity index (χ1) is 4.34. The van der Waals surface area contributed by atoms with Crippen LogP contribution in [0, 0.1) is 0 Å². The molecule has 0 amide bonds. The first-order valence-corrected chi connectivity index (χ1v) is 2.94. The normalized spacial score (nSPS) is 9.80. The van der Waals surface area contributed by atoms with E-state index < -0.39 is 0 Å². The standard InChI is InChI=1S/C7H10N2.ClH/c1-3-4-7-8-5-6-9(7)2;/h3-6H,1-2H3;1H. The van der Waals surface area contributed by atoms with Crippen molar-refractivity contribution >= 4 is 18.5 Å². The van der Waals surface area contributed by atoms with Crippen LogP contribution in [0.3, 0.4) is 0 Å². The molecular weight excluding hydrogens is 148 g/mol. The Bertz CT molecular complexity index is 215. The van der Waals surface area contributed by atoms with E-state index in [1.54, 1.807) is 6.20 Å². The van der Waals surface area contributed by atoms with Gasteiger partial charge in [-0.3, -0.25) is 0 Å². The maximum atomic E-state index is 4.08. The second-order valence-corrected chi connectivity index (χ2v) is 1.90. The SMILES string of the molecule is CC=Cc1nccn1C.Cl. The average molecular weight is 159 g/mol. The minimum atomic E-state index is 0. The van der Waals surface area contributed by atoms with Crippen molar-refractivity contribution < 1.29 is 0 Å². The molecule has 0 N–H and O–H groups in total. The van der Waals surface area contributed by atoms with E-state index in [1.165, 1.54) is 0 Å². The fourth-order valence-corrected chi connectivity index (χ4v) is 0.687. The van der Waals surface area contributed by atoms with Gasteiger partial charge in [-0.05, 0) is 13.0 Å². The lowest BCUT2D eigenvalue weighted by atomic mass is 10.5. The molecule has 10 heavy (non-hydrogen) atoms. The number of halogens is 1. The van der Waals surface area contributed by atoms with Gasteiger partial charge in [0.25, 0.3) is 0 Å².